The van der Waals surface area contributed by atoms with Gasteiger partial charge in [0.15, 0.2) is 0 Å². The number of nitrogens with zero attached hydrogens (tertiary/aromatic N) is 3. The van der Waals surface area contributed by atoms with Crippen molar-refractivity contribution in [1.29, 1.82) is 0 Å². The smallest absolute Gasteiger partial charge is 0.253 e. The molecule has 26 heavy (non-hydrogen) atoms. The van der Waals surface area contributed by atoms with Crippen molar-refractivity contribution in [3.8, 4) is 0 Å². The number of carbonyl (C=O) groups is 1. The van der Waals surface area contributed by atoms with Crippen LogP contribution in [0, 0.1) is 0 Å². The molecule has 1 amide bonds. The van der Waals surface area contributed by atoms with Gasteiger partial charge in [0.2, 0.25) is 10.0 Å². The molecule has 3 rings (SSSR count). The topological polar surface area (TPSA) is 60.9 Å². The molecule has 6 nitrogen and oxygen atoms in total. The Balaban J connectivity index is 1.76. The predicted molar refractivity (Wildman–Crippen MR) is 102 cm³/mol. The summed E-state index contributed by atoms with van der Waals surface area (Å²) < 4.78 is 27.5. The van der Waals surface area contributed by atoms with Crippen LogP contribution in [0.15, 0.2) is 29.2 Å². The van der Waals surface area contributed by atoms with Gasteiger partial charge in [-0.05, 0) is 37.6 Å². The summed E-state index contributed by atoms with van der Waals surface area (Å²) >= 11 is 0. The van der Waals surface area contributed by atoms with Crippen LogP contribution in [0.25, 0.3) is 0 Å². The maximum absolute atomic E-state index is 13.0. The molecule has 0 spiro atoms. The molecule has 2 saturated heterocycles. The second-order valence-corrected chi connectivity index (χ2v) is 9.01. The predicted octanol–water partition coefficient (Wildman–Crippen LogP) is 2.03. The fraction of sp³-hybridized carbons (Fsp3) is 0.632. The first kappa shape index (κ1) is 19.3. The molecule has 1 aromatic carbocycles. The molecule has 0 radical (unpaired) electrons. The van der Waals surface area contributed by atoms with Gasteiger partial charge >= 0.3 is 0 Å². The van der Waals surface area contributed by atoms with E-state index in [0.29, 0.717) is 18.7 Å². The van der Waals surface area contributed by atoms with E-state index >= 15 is 0 Å². The van der Waals surface area contributed by atoms with E-state index in [1.165, 1.54) is 4.31 Å². The van der Waals surface area contributed by atoms with E-state index in [9.17, 15) is 13.2 Å². The van der Waals surface area contributed by atoms with Crippen molar-refractivity contribution in [2.45, 2.75) is 37.5 Å². The van der Waals surface area contributed by atoms with E-state index in [1.807, 2.05) is 4.90 Å². The van der Waals surface area contributed by atoms with Crippen molar-refractivity contribution in [2.75, 3.05) is 45.8 Å². The summed E-state index contributed by atoms with van der Waals surface area (Å²) in [4.78, 5) is 17.1. The summed E-state index contributed by atoms with van der Waals surface area (Å²) in [5.41, 5.74) is 0.472. The third kappa shape index (κ3) is 4.27. The van der Waals surface area contributed by atoms with Gasteiger partial charge in [-0.25, -0.2) is 8.42 Å². The van der Waals surface area contributed by atoms with Crippen LogP contribution in [0.4, 0.5) is 0 Å². The molecular weight excluding hydrogens is 350 g/mol. The number of sulfonamides is 1. The van der Waals surface area contributed by atoms with Crippen molar-refractivity contribution >= 4 is 15.9 Å². The molecule has 0 unspecified atom stereocenters. The third-order valence-corrected chi connectivity index (χ3v) is 7.29. The summed E-state index contributed by atoms with van der Waals surface area (Å²) in [6.45, 7) is 7.05. The number of hydrogen-bond acceptors (Lipinski definition) is 4. The molecule has 0 N–H and O–H groups in total. The first-order valence-corrected chi connectivity index (χ1v) is 11.1. The lowest BCUT2D eigenvalue weighted by atomic mass is 10.2. The minimum atomic E-state index is -3.55. The Hall–Kier alpha value is -1.44. The van der Waals surface area contributed by atoms with Gasteiger partial charge in [-0.2, -0.15) is 4.31 Å². The highest BCUT2D eigenvalue weighted by Crippen LogP contribution is 2.20. The SMILES string of the molecule is CCN1CCN(S(=O)(=O)c2cccc(C(=O)N3CCCCCC3)c2)CC1. The van der Waals surface area contributed by atoms with Crippen LogP contribution in [-0.2, 0) is 10.0 Å². The van der Waals surface area contributed by atoms with E-state index in [1.54, 1.807) is 24.3 Å². The molecule has 0 bridgehead atoms. The summed E-state index contributed by atoms with van der Waals surface area (Å²) in [5.74, 6) is -0.0558. The van der Waals surface area contributed by atoms with Crippen LogP contribution in [0.2, 0.25) is 0 Å². The number of carbonyl (C=O) groups excluding carboxylic acids is 1. The molecule has 0 saturated carbocycles. The standard InChI is InChI=1S/C19H29N3O3S/c1-2-20-12-14-22(15-13-20)26(24,25)18-9-7-8-17(16-18)19(23)21-10-5-3-4-6-11-21/h7-9,16H,2-6,10-15H2,1H3. The van der Waals surface area contributed by atoms with Crippen molar-refractivity contribution in [3.63, 3.8) is 0 Å². The maximum Gasteiger partial charge on any atom is 0.253 e. The van der Waals surface area contributed by atoms with Gasteiger partial charge in [-0.3, -0.25) is 4.79 Å². The summed E-state index contributed by atoms with van der Waals surface area (Å²) in [7, 11) is -3.55. The van der Waals surface area contributed by atoms with E-state index in [-0.39, 0.29) is 10.8 Å². The van der Waals surface area contributed by atoms with Gasteiger partial charge in [-0.15, -0.1) is 0 Å². The highest BCUT2D eigenvalue weighted by atomic mass is 32.2. The van der Waals surface area contributed by atoms with Crippen molar-refractivity contribution in [2.24, 2.45) is 0 Å². The summed E-state index contributed by atoms with van der Waals surface area (Å²) in [6.07, 6.45) is 4.35. The Bertz CT molecular complexity index is 719. The lowest BCUT2D eigenvalue weighted by Crippen LogP contribution is -2.48. The monoisotopic (exact) mass is 379 g/mol. The fourth-order valence-corrected chi connectivity index (χ4v) is 5.15. The number of likely N-dealkylation sites (tertiary alicyclic amines) is 1. The Morgan fingerprint density at radius 1 is 0.962 bits per heavy atom. The largest absolute Gasteiger partial charge is 0.339 e. The van der Waals surface area contributed by atoms with E-state index < -0.39 is 10.0 Å². The molecular formula is C19H29N3O3S. The van der Waals surface area contributed by atoms with Crippen LogP contribution in [0.1, 0.15) is 43.0 Å². The molecule has 0 atom stereocenters. The lowest BCUT2D eigenvalue weighted by molar-refractivity contribution is 0.0761. The van der Waals surface area contributed by atoms with Crippen LogP contribution >= 0.6 is 0 Å². The molecule has 2 aliphatic rings. The second-order valence-electron chi connectivity index (χ2n) is 7.07. The molecule has 0 aromatic heterocycles. The maximum atomic E-state index is 13.0. The van der Waals surface area contributed by atoms with Crippen LogP contribution < -0.4 is 0 Å². The quantitative estimate of drug-likeness (QED) is 0.803. The Kier molecular flexibility index (Phi) is 6.32. The molecule has 2 heterocycles. The van der Waals surface area contributed by atoms with Crippen LogP contribution in [-0.4, -0.2) is 74.2 Å². The number of hydrogen-bond donors (Lipinski definition) is 0. The number of likely N-dealkylation sites (N-methyl/N-ethyl adjacent to an activating group) is 1. The zero-order valence-electron chi connectivity index (χ0n) is 15.6. The first-order chi connectivity index (χ1) is 12.5. The molecule has 2 fully saturated rings. The van der Waals surface area contributed by atoms with Gasteiger partial charge in [0.25, 0.3) is 5.91 Å². The number of piperazine rings is 1. The van der Waals surface area contributed by atoms with Crippen molar-refractivity contribution in [3.05, 3.63) is 29.8 Å². The third-order valence-electron chi connectivity index (χ3n) is 5.39. The van der Waals surface area contributed by atoms with Crippen molar-refractivity contribution in [1.82, 2.24) is 14.1 Å². The fourth-order valence-electron chi connectivity index (χ4n) is 3.68. The molecule has 2 aliphatic heterocycles. The van der Waals surface area contributed by atoms with Gasteiger partial charge < -0.3 is 9.80 Å². The Labute approximate surface area is 156 Å². The minimum Gasteiger partial charge on any atom is -0.339 e. The van der Waals surface area contributed by atoms with Gasteiger partial charge in [0.1, 0.15) is 0 Å². The zero-order valence-corrected chi connectivity index (χ0v) is 16.4. The second kappa shape index (κ2) is 8.50. The Morgan fingerprint density at radius 3 is 2.23 bits per heavy atom. The minimum absolute atomic E-state index is 0.0558. The highest BCUT2D eigenvalue weighted by Gasteiger charge is 2.29. The average Bonchev–Trinajstić information content (AvgIpc) is 2.97. The van der Waals surface area contributed by atoms with Gasteiger partial charge in [-0.1, -0.05) is 25.8 Å². The molecule has 7 heteroatoms. The molecule has 144 valence electrons. The summed E-state index contributed by atoms with van der Waals surface area (Å²) in [6, 6.07) is 6.55. The summed E-state index contributed by atoms with van der Waals surface area (Å²) in [5, 5.41) is 0. The van der Waals surface area contributed by atoms with E-state index in [2.05, 4.69) is 11.8 Å². The van der Waals surface area contributed by atoms with Gasteiger partial charge in [0, 0.05) is 44.8 Å². The molecule has 1 aromatic rings. The zero-order chi connectivity index (χ0) is 18.6. The van der Waals surface area contributed by atoms with Crippen LogP contribution in [0.3, 0.4) is 0 Å². The van der Waals surface area contributed by atoms with E-state index in [0.717, 1.165) is 58.4 Å². The van der Waals surface area contributed by atoms with Gasteiger partial charge in [0.05, 0.1) is 4.90 Å². The Morgan fingerprint density at radius 2 is 1.62 bits per heavy atom. The first-order valence-electron chi connectivity index (χ1n) is 9.64. The van der Waals surface area contributed by atoms with E-state index in [4.69, 9.17) is 0 Å². The lowest BCUT2D eigenvalue weighted by Gasteiger charge is -2.33. The number of rotatable bonds is 4. The number of amides is 1. The van der Waals surface area contributed by atoms with Crippen LogP contribution in [0.5, 0.6) is 0 Å². The normalized spacial score (nSPS) is 20.7. The number of benzene rings is 1. The van der Waals surface area contributed by atoms with Crippen molar-refractivity contribution < 1.29 is 13.2 Å². The average molecular weight is 380 g/mol. The highest BCUT2D eigenvalue weighted by molar-refractivity contribution is 7.89. The molecule has 0 aliphatic carbocycles.